The minimum absolute atomic E-state index is 0.222. The number of carbonyl (C=O) groups is 1. The van der Waals surface area contributed by atoms with Gasteiger partial charge in [0.2, 0.25) is 17.6 Å². The number of carbonyl (C=O) groups excluding carboxylic acids is 1. The molecular formula is C17H22ClN4O2+. The minimum atomic E-state index is 0.222. The molecule has 0 unspecified atom stereocenters. The van der Waals surface area contributed by atoms with Crippen LogP contribution in [-0.4, -0.2) is 54.2 Å². The van der Waals surface area contributed by atoms with Crippen molar-refractivity contribution in [3.8, 4) is 11.4 Å². The van der Waals surface area contributed by atoms with Crippen LogP contribution in [0.4, 0.5) is 0 Å². The smallest absolute Gasteiger partial charge is 0.226 e. The normalized spacial score (nSPS) is 15.7. The van der Waals surface area contributed by atoms with Gasteiger partial charge in [-0.05, 0) is 30.7 Å². The van der Waals surface area contributed by atoms with E-state index in [0.717, 1.165) is 38.2 Å². The van der Waals surface area contributed by atoms with Crippen LogP contribution in [0.25, 0.3) is 11.4 Å². The van der Waals surface area contributed by atoms with Crippen molar-refractivity contribution < 1.29 is 14.2 Å². The standard InChI is InChI=1S/C17H21ClN4O2/c1-21-9-11-22(12-10-21)16(23)4-2-3-15-19-17(20-24-15)13-5-7-14(18)8-6-13/h5-8H,2-4,9-12H2,1H3/p+1. The lowest BCUT2D eigenvalue weighted by atomic mass is 10.2. The molecule has 6 nitrogen and oxygen atoms in total. The fraction of sp³-hybridized carbons (Fsp3) is 0.471. The fourth-order valence-electron chi connectivity index (χ4n) is 2.76. The molecule has 0 radical (unpaired) electrons. The van der Waals surface area contributed by atoms with E-state index in [-0.39, 0.29) is 5.91 Å². The first-order valence-electron chi connectivity index (χ1n) is 8.29. The summed E-state index contributed by atoms with van der Waals surface area (Å²) in [6.07, 6.45) is 1.86. The van der Waals surface area contributed by atoms with Crippen LogP contribution in [0.1, 0.15) is 18.7 Å². The average molecular weight is 350 g/mol. The van der Waals surface area contributed by atoms with Crippen LogP contribution in [0.2, 0.25) is 5.02 Å². The summed E-state index contributed by atoms with van der Waals surface area (Å²) in [5, 5.41) is 4.66. The summed E-state index contributed by atoms with van der Waals surface area (Å²) in [5.41, 5.74) is 0.866. The SMILES string of the molecule is C[NH+]1CCN(C(=O)CCCc2nc(-c3ccc(Cl)cc3)no2)CC1. The van der Waals surface area contributed by atoms with Crippen LogP contribution < -0.4 is 4.90 Å². The van der Waals surface area contributed by atoms with Gasteiger partial charge in [-0.1, -0.05) is 16.8 Å². The van der Waals surface area contributed by atoms with Crippen LogP contribution in [0.15, 0.2) is 28.8 Å². The molecule has 1 fully saturated rings. The number of hydrogen-bond donors (Lipinski definition) is 1. The Bertz CT molecular complexity index is 678. The molecule has 0 atom stereocenters. The molecule has 1 aromatic carbocycles. The lowest BCUT2D eigenvalue weighted by molar-refractivity contribution is -0.883. The van der Waals surface area contributed by atoms with Crippen molar-refractivity contribution in [2.24, 2.45) is 0 Å². The van der Waals surface area contributed by atoms with Gasteiger partial charge in [-0.2, -0.15) is 4.98 Å². The Labute approximate surface area is 146 Å². The van der Waals surface area contributed by atoms with Crippen LogP contribution in [0.5, 0.6) is 0 Å². The molecule has 0 aliphatic carbocycles. The zero-order valence-corrected chi connectivity index (χ0v) is 14.6. The number of quaternary nitrogens is 1. The Morgan fingerprint density at radius 3 is 2.71 bits per heavy atom. The minimum Gasteiger partial charge on any atom is -0.339 e. The second kappa shape index (κ2) is 7.77. The number of aryl methyl sites for hydroxylation is 1. The van der Waals surface area contributed by atoms with E-state index in [1.54, 1.807) is 12.1 Å². The summed E-state index contributed by atoms with van der Waals surface area (Å²) in [7, 11) is 2.16. The fourth-order valence-corrected chi connectivity index (χ4v) is 2.89. The Morgan fingerprint density at radius 2 is 2.00 bits per heavy atom. The molecule has 128 valence electrons. The van der Waals surface area contributed by atoms with Gasteiger partial charge in [0.25, 0.3) is 0 Å². The predicted octanol–water partition coefficient (Wildman–Crippen LogP) is 1.07. The van der Waals surface area contributed by atoms with Crippen molar-refractivity contribution in [2.45, 2.75) is 19.3 Å². The monoisotopic (exact) mass is 349 g/mol. The summed E-state index contributed by atoms with van der Waals surface area (Å²) < 4.78 is 5.27. The molecule has 2 heterocycles. The van der Waals surface area contributed by atoms with Crippen LogP contribution >= 0.6 is 11.6 Å². The Morgan fingerprint density at radius 1 is 1.29 bits per heavy atom. The van der Waals surface area contributed by atoms with Gasteiger partial charge in [0.1, 0.15) is 0 Å². The second-order valence-corrected chi connectivity index (χ2v) is 6.65. The topological polar surface area (TPSA) is 63.7 Å². The van der Waals surface area contributed by atoms with Gasteiger partial charge in [0.15, 0.2) is 0 Å². The Kier molecular flexibility index (Phi) is 5.48. The molecule has 2 aromatic rings. The van der Waals surface area contributed by atoms with Gasteiger partial charge in [-0.25, -0.2) is 0 Å². The molecule has 0 saturated carbocycles. The third-order valence-corrected chi connectivity index (χ3v) is 4.57. The van der Waals surface area contributed by atoms with Gasteiger partial charge >= 0.3 is 0 Å². The Hall–Kier alpha value is -1.92. The number of aromatic nitrogens is 2. The number of rotatable bonds is 5. The van der Waals surface area contributed by atoms with E-state index >= 15 is 0 Å². The first kappa shape index (κ1) is 16.9. The maximum Gasteiger partial charge on any atom is 0.226 e. The number of likely N-dealkylation sites (N-methyl/N-ethyl adjacent to an activating group) is 1. The van der Waals surface area contributed by atoms with Gasteiger partial charge in [0.05, 0.1) is 33.2 Å². The van der Waals surface area contributed by atoms with E-state index in [2.05, 4.69) is 17.2 Å². The summed E-state index contributed by atoms with van der Waals surface area (Å²) in [4.78, 5) is 20.0. The Balaban J connectivity index is 1.47. The number of hydrogen-bond acceptors (Lipinski definition) is 4. The van der Waals surface area contributed by atoms with Crippen molar-refractivity contribution in [2.75, 3.05) is 33.2 Å². The van der Waals surface area contributed by atoms with Crippen molar-refractivity contribution in [3.63, 3.8) is 0 Å². The molecule has 7 heteroatoms. The van der Waals surface area contributed by atoms with E-state index in [1.807, 2.05) is 17.0 Å². The molecule has 3 rings (SSSR count). The lowest BCUT2D eigenvalue weighted by Crippen LogP contribution is -3.12. The van der Waals surface area contributed by atoms with Crippen molar-refractivity contribution in [1.29, 1.82) is 0 Å². The van der Waals surface area contributed by atoms with Crippen LogP contribution in [0, 0.1) is 0 Å². The van der Waals surface area contributed by atoms with Crippen molar-refractivity contribution in [3.05, 3.63) is 35.2 Å². The highest BCUT2D eigenvalue weighted by Crippen LogP contribution is 2.19. The summed E-state index contributed by atoms with van der Waals surface area (Å²) in [5.74, 6) is 1.34. The highest BCUT2D eigenvalue weighted by atomic mass is 35.5. The van der Waals surface area contributed by atoms with E-state index < -0.39 is 0 Å². The van der Waals surface area contributed by atoms with E-state index in [1.165, 1.54) is 4.90 Å². The molecule has 1 aliphatic rings. The predicted molar refractivity (Wildman–Crippen MR) is 90.9 cm³/mol. The molecule has 0 spiro atoms. The number of amides is 1. The highest BCUT2D eigenvalue weighted by molar-refractivity contribution is 6.30. The van der Waals surface area contributed by atoms with E-state index in [4.69, 9.17) is 16.1 Å². The molecule has 1 aliphatic heterocycles. The summed E-state index contributed by atoms with van der Waals surface area (Å²) in [6, 6.07) is 7.30. The third-order valence-electron chi connectivity index (χ3n) is 4.32. The number of nitrogens with zero attached hydrogens (tertiary/aromatic N) is 3. The molecule has 1 amide bonds. The molecular weight excluding hydrogens is 328 g/mol. The van der Waals surface area contributed by atoms with Crippen molar-refractivity contribution >= 4 is 17.5 Å². The molecule has 1 N–H and O–H groups in total. The zero-order valence-electron chi connectivity index (χ0n) is 13.8. The van der Waals surface area contributed by atoms with Crippen LogP contribution in [0.3, 0.4) is 0 Å². The first-order valence-corrected chi connectivity index (χ1v) is 8.67. The molecule has 24 heavy (non-hydrogen) atoms. The van der Waals surface area contributed by atoms with E-state index in [0.29, 0.717) is 29.6 Å². The van der Waals surface area contributed by atoms with Gasteiger partial charge in [-0.15, -0.1) is 0 Å². The largest absolute Gasteiger partial charge is 0.339 e. The number of benzene rings is 1. The van der Waals surface area contributed by atoms with Gasteiger partial charge in [-0.3, -0.25) is 4.79 Å². The van der Waals surface area contributed by atoms with Gasteiger partial charge in [0, 0.05) is 23.4 Å². The average Bonchev–Trinajstić information content (AvgIpc) is 3.05. The first-order chi connectivity index (χ1) is 11.6. The molecule has 1 aromatic heterocycles. The molecule has 0 bridgehead atoms. The maximum absolute atomic E-state index is 12.2. The zero-order chi connectivity index (χ0) is 16.9. The summed E-state index contributed by atoms with van der Waals surface area (Å²) >= 11 is 5.87. The number of halogens is 1. The third kappa shape index (κ3) is 4.33. The molecule has 1 saturated heterocycles. The van der Waals surface area contributed by atoms with E-state index in [9.17, 15) is 4.79 Å². The lowest BCUT2D eigenvalue weighted by Gasteiger charge is -2.30. The van der Waals surface area contributed by atoms with Crippen LogP contribution in [-0.2, 0) is 11.2 Å². The number of nitrogens with one attached hydrogen (secondary N) is 1. The van der Waals surface area contributed by atoms with Gasteiger partial charge < -0.3 is 14.3 Å². The summed E-state index contributed by atoms with van der Waals surface area (Å²) in [6.45, 7) is 3.76. The highest BCUT2D eigenvalue weighted by Gasteiger charge is 2.21. The maximum atomic E-state index is 12.2. The number of piperazine rings is 1. The second-order valence-electron chi connectivity index (χ2n) is 6.21. The van der Waals surface area contributed by atoms with Crippen molar-refractivity contribution in [1.82, 2.24) is 15.0 Å². The quantitative estimate of drug-likeness (QED) is 0.877.